The Bertz CT molecular complexity index is 752. The number of anilines is 1. The van der Waals surface area contributed by atoms with Crippen LogP contribution in [0.3, 0.4) is 0 Å². The summed E-state index contributed by atoms with van der Waals surface area (Å²) in [6.45, 7) is 2.08. The number of fused-ring (bicyclic) bond motifs is 2. The number of hydrogen-bond donors (Lipinski definition) is 2. The van der Waals surface area contributed by atoms with Crippen molar-refractivity contribution >= 4 is 33.1 Å². The predicted octanol–water partition coefficient (Wildman–Crippen LogP) is 2.12. The van der Waals surface area contributed by atoms with Crippen molar-refractivity contribution in [2.75, 3.05) is 12.3 Å². The van der Waals surface area contributed by atoms with Gasteiger partial charge in [0.2, 0.25) is 0 Å². The maximum absolute atomic E-state index is 12.1. The first-order valence-electron chi connectivity index (χ1n) is 6.59. The van der Waals surface area contributed by atoms with Crippen molar-refractivity contribution in [2.24, 2.45) is 0 Å². The van der Waals surface area contributed by atoms with E-state index in [1.54, 1.807) is 6.92 Å². The van der Waals surface area contributed by atoms with Crippen LogP contribution in [-0.2, 0) is 12.8 Å². The smallest absolute Gasteiger partial charge is 0.264 e. The SMILES string of the molecule is CC#CCNC(=O)c1sc2nc3c(cc2c1N)CCC3. The minimum atomic E-state index is -0.173. The van der Waals surface area contributed by atoms with Crippen LogP contribution in [0, 0.1) is 11.8 Å². The first-order chi connectivity index (χ1) is 9.70. The molecule has 3 rings (SSSR count). The van der Waals surface area contributed by atoms with Crippen LogP contribution in [0.25, 0.3) is 10.2 Å². The van der Waals surface area contributed by atoms with Crippen molar-refractivity contribution in [2.45, 2.75) is 26.2 Å². The molecular formula is C15H15N3OS. The van der Waals surface area contributed by atoms with E-state index in [9.17, 15) is 4.79 Å². The monoisotopic (exact) mass is 285 g/mol. The third-order valence-electron chi connectivity index (χ3n) is 3.47. The van der Waals surface area contributed by atoms with Gasteiger partial charge in [0.15, 0.2) is 0 Å². The van der Waals surface area contributed by atoms with Gasteiger partial charge in [-0.15, -0.1) is 17.3 Å². The molecule has 1 aliphatic carbocycles. The number of nitrogen functional groups attached to an aromatic ring is 1. The lowest BCUT2D eigenvalue weighted by Gasteiger charge is -2.00. The average molecular weight is 285 g/mol. The standard InChI is InChI=1S/C15H15N3OS/c1-2-3-7-17-14(19)13-12(16)10-8-9-5-4-6-11(9)18-15(10)20-13/h8H,4-7,16H2,1H3,(H,17,19). The maximum Gasteiger partial charge on any atom is 0.264 e. The quantitative estimate of drug-likeness (QED) is 0.831. The molecule has 2 aromatic heterocycles. The number of hydrogen-bond acceptors (Lipinski definition) is 4. The molecule has 0 atom stereocenters. The summed E-state index contributed by atoms with van der Waals surface area (Å²) in [6.07, 6.45) is 3.24. The highest BCUT2D eigenvalue weighted by Gasteiger charge is 2.20. The van der Waals surface area contributed by atoms with E-state index in [4.69, 9.17) is 5.73 Å². The predicted molar refractivity (Wildman–Crippen MR) is 81.8 cm³/mol. The Kier molecular flexibility index (Phi) is 3.33. The molecule has 5 heteroatoms. The zero-order valence-corrected chi connectivity index (χ0v) is 12.1. The molecule has 0 fully saturated rings. The van der Waals surface area contributed by atoms with E-state index in [2.05, 4.69) is 28.2 Å². The fourth-order valence-electron chi connectivity index (χ4n) is 2.46. The molecule has 1 amide bonds. The average Bonchev–Trinajstić information content (AvgIpc) is 3.01. The van der Waals surface area contributed by atoms with Crippen molar-refractivity contribution < 1.29 is 4.79 Å². The van der Waals surface area contributed by atoms with Crippen molar-refractivity contribution in [3.63, 3.8) is 0 Å². The molecule has 1 aliphatic rings. The number of thiophene rings is 1. The van der Waals surface area contributed by atoms with E-state index < -0.39 is 0 Å². The van der Waals surface area contributed by atoms with Gasteiger partial charge in [-0.2, -0.15) is 0 Å². The number of aryl methyl sites for hydroxylation is 2. The second-order valence-electron chi connectivity index (χ2n) is 4.75. The van der Waals surface area contributed by atoms with Crippen LogP contribution in [0.5, 0.6) is 0 Å². The second-order valence-corrected chi connectivity index (χ2v) is 5.75. The molecule has 4 nitrogen and oxygen atoms in total. The van der Waals surface area contributed by atoms with Crippen LogP contribution in [0.4, 0.5) is 5.69 Å². The normalized spacial score (nSPS) is 12.8. The van der Waals surface area contributed by atoms with Crippen molar-refractivity contribution in [3.8, 4) is 11.8 Å². The van der Waals surface area contributed by atoms with Crippen molar-refractivity contribution in [3.05, 3.63) is 22.2 Å². The highest BCUT2D eigenvalue weighted by atomic mass is 32.1. The van der Waals surface area contributed by atoms with Gasteiger partial charge >= 0.3 is 0 Å². The van der Waals surface area contributed by atoms with Gasteiger partial charge in [0.25, 0.3) is 5.91 Å². The van der Waals surface area contributed by atoms with Gasteiger partial charge in [0, 0.05) is 11.1 Å². The number of nitrogens with two attached hydrogens (primary N) is 1. The Labute approximate surface area is 121 Å². The number of amides is 1. The van der Waals surface area contributed by atoms with E-state index >= 15 is 0 Å². The second kappa shape index (κ2) is 5.14. The highest BCUT2D eigenvalue weighted by Crippen LogP contribution is 2.35. The molecule has 20 heavy (non-hydrogen) atoms. The Hall–Kier alpha value is -2.06. The van der Waals surface area contributed by atoms with Crippen LogP contribution < -0.4 is 11.1 Å². The molecule has 0 aliphatic heterocycles. The van der Waals surface area contributed by atoms with E-state index in [0.29, 0.717) is 17.1 Å². The van der Waals surface area contributed by atoms with Gasteiger partial charge in [-0.3, -0.25) is 4.79 Å². The summed E-state index contributed by atoms with van der Waals surface area (Å²) >= 11 is 1.36. The van der Waals surface area contributed by atoms with Gasteiger partial charge in [0.1, 0.15) is 9.71 Å². The van der Waals surface area contributed by atoms with Crippen LogP contribution in [0.15, 0.2) is 6.07 Å². The zero-order chi connectivity index (χ0) is 14.1. The Morgan fingerprint density at radius 2 is 2.40 bits per heavy atom. The molecule has 2 aromatic rings. The van der Waals surface area contributed by atoms with E-state index in [0.717, 1.165) is 35.2 Å². The van der Waals surface area contributed by atoms with Crippen LogP contribution in [0.2, 0.25) is 0 Å². The Morgan fingerprint density at radius 3 is 3.20 bits per heavy atom. The van der Waals surface area contributed by atoms with Crippen molar-refractivity contribution in [1.29, 1.82) is 0 Å². The molecular weight excluding hydrogens is 270 g/mol. The van der Waals surface area contributed by atoms with Gasteiger partial charge in [0.05, 0.1) is 12.2 Å². The van der Waals surface area contributed by atoms with E-state index in [1.165, 1.54) is 16.9 Å². The van der Waals surface area contributed by atoms with E-state index in [1.807, 2.05) is 0 Å². The molecule has 0 radical (unpaired) electrons. The largest absolute Gasteiger partial charge is 0.397 e. The minimum Gasteiger partial charge on any atom is -0.397 e. The summed E-state index contributed by atoms with van der Waals surface area (Å²) in [5, 5.41) is 3.65. The fourth-order valence-corrected chi connectivity index (χ4v) is 3.47. The summed E-state index contributed by atoms with van der Waals surface area (Å²) in [4.78, 5) is 18.1. The lowest BCUT2D eigenvalue weighted by atomic mass is 10.1. The summed E-state index contributed by atoms with van der Waals surface area (Å²) in [7, 11) is 0. The molecule has 0 saturated heterocycles. The molecule has 0 saturated carbocycles. The highest BCUT2D eigenvalue weighted by molar-refractivity contribution is 7.21. The van der Waals surface area contributed by atoms with Crippen LogP contribution in [0.1, 0.15) is 34.3 Å². The molecule has 2 heterocycles. The molecule has 0 spiro atoms. The van der Waals surface area contributed by atoms with Gasteiger partial charge in [-0.25, -0.2) is 4.98 Å². The summed E-state index contributed by atoms with van der Waals surface area (Å²) in [6, 6.07) is 2.10. The first-order valence-corrected chi connectivity index (χ1v) is 7.41. The summed E-state index contributed by atoms with van der Waals surface area (Å²) in [5.41, 5.74) is 9.07. The molecule has 0 aromatic carbocycles. The summed E-state index contributed by atoms with van der Waals surface area (Å²) < 4.78 is 0. The van der Waals surface area contributed by atoms with Crippen LogP contribution >= 0.6 is 11.3 Å². The van der Waals surface area contributed by atoms with Gasteiger partial charge in [-0.1, -0.05) is 5.92 Å². The first kappa shape index (κ1) is 12.9. The Balaban J connectivity index is 1.98. The van der Waals surface area contributed by atoms with Crippen molar-refractivity contribution in [1.82, 2.24) is 10.3 Å². The number of carbonyl (C=O) groups excluding carboxylic acids is 1. The number of pyridine rings is 1. The number of carbonyl (C=O) groups is 1. The number of nitrogens with one attached hydrogen (secondary N) is 1. The Morgan fingerprint density at radius 1 is 1.55 bits per heavy atom. The summed E-state index contributed by atoms with van der Waals surface area (Å²) in [5.74, 6) is 5.37. The minimum absolute atomic E-state index is 0.173. The third kappa shape index (κ3) is 2.12. The molecule has 0 unspecified atom stereocenters. The lowest BCUT2D eigenvalue weighted by molar-refractivity contribution is 0.0963. The lowest BCUT2D eigenvalue weighted by Crippen LogP contribution is -2.23. The number of nitrogens with zero attached hydrogens (tertiary/aromatic N) is 1. The molecule has 3 N–H and O–H groups in total. The van der Waals surface area contributed by atoms with Gasteiger partial charge in [-0.05, 0) is 37.8 Å². The van der Waals surface area contributed by atoms with Crippen LogP contribution in [-0.4, -0.2) is 17.4 Å². The number of aromatic nitrogens is 1. The topological polar surface area (TPSA) is 68.0 Å². The third-order valence-corrected chi connectivity index (χ3v) is 4.58. The molecule has 0 bridgehead atoms. The maximum atomic E-state index is 12.1. The fraction of sp³-hybridized carbons (Fsp3) is 0.333. The zero-order valence-electron chi connectivity index (χ0n) is 11.2. The molecule has 102 valence electrons. The number of rotatable bonds is 2. The van der Waals surface area contributed by atoms with Gasteiger partial charge < -0.3 is 11.1 Å². The van der Waals surface area contributed by atoms with E-state index in [-0.39, 0.29) is 5.91 Å².